The number of ether oxygens (including phenoxy) is 1. The molecular formula is C27H24F3N5O4. The van der Waals surface area contributed by atoms with Gasteiger partial charge in [-0.3, -0.25) is 14.6 Å². The molecule has 3 aromatic rings. The summed E-state index contributed by atoms with van der Waals surface area (Å²) >= 11 is 0. The Hall–Kier alpha value is -4.06. The third-order valence-electron chi connectivity index (χ3n) is 7.53. The highest BCUT2D eigenvalue weighted by molar-refractivity contribution is 6.08. The average molecular weight is 540 g/mol. The molecule has 2 saturated heterocycles. The van der Waals surface area contributed by atoms with Crippen molar-refractivity contribution >= 4 is 17.5 Å². The van der Waals surface area contributed by atoms with Crippen LogP contribution >= 0.6 is 0 Å². The number of aliphatic hydroxyl groups excluding tert-OH is 1. The molecule has 1 unspecified atom stereocenters. The molecule has 2 aromatic heterocycles. The summed E-state index contributed by atoms with van der Waals surface area (Å²) in [4.78, 5) is 41.4. The quantitative estimate of drug-likeness (QED) is 0.540. The smallest absolute Gasteiger partial charge is 0.434 e. The maximum absolute atomic E-state index is 13.5. The minimum Gasteiger partial charge on any atom is -0.477 e. The highest BCUT2D eigenvalue weighted by atomic mass is 19.4. The molecule has 3 aliphatic rings. The minimum absolute atomic E-state index is 0.140. The molecule has 2 fully saturated rings. The fourth-order valence-electron chi connectivity index (χ4n) is 5.31. The number of halogens is 3. The van der Waals surface area contributed by atoms with Gasteiger partial charge in [-0.1, -0.05) is 12.1 Å². The number of piperidine rings is 1. The number of alkyl halides is 3. The first kappa shape index (κ1) is 25.2. The number of amides is 1. The zero-order valence-corrected chi connectivity index (χ0v) is 20.7. The van der Waals surface area contributed by atoms with E-state index in [-0.39, 0.29) is 11.7 Å². The molecule has 0 bridgehead atoms. The van der Waals surface area contributed by atoms with Crippen molar-refractivity contribution in [3.63, 3.8) is 0 Å². The van der Waals surface area contributed by atoms with Crippen molar-refractivity contribution in [1.82, 2.24) is 19.9 Å². The Morgan fingerprint density at radius 3 is 2.38 bits per heavy atom. The fourth-order valence-corrected chi connectivity index (χ4v) is 5.31. The zero-order chi connectivity index (χ0) is 27.4. The number of β-amino-alcohol motifs (C(OH)–C–C–N with tert-alkyl or cyclic N) is 1. The SMILES string of the molecule is O=C(c1ccc(-c2cc3c(cn2)OC2(CCN(c4cnc(C(F)(F)F)cn4)CC2)C3=O)cc1)N1CCC(O)C1. The predicted molar refractivity (Wildman–Crippen MR) is 132 cm³/mol. The molecule has 3 aliphatic heterocycles. The van der Waals surface area contributed by atoms with Gasteiger partial charge in [-0.05, 0) is 24.6 Å². The third-order valence-corrected chi connectivity index (χ3v) is 7.53. The largest absolute Gasteiger partial charge is 0.477 e. The molecule has 9 nitrogen and oxygen atoms in total. The van der Waals surface area contributed by atoms with Crippen molar-refractivity contribution in [1.29, 1.82) is 0 Å². The summed E-state index contributed by atoms with van der Waals surface area (Å²) < 4.78 is 44.5. The number of Topliss-reactive ketones (excluding diaryl/α,β-unsaturated/α-hetero) is 1. The van der Waals surface area contributed by atoms with E-state index in [2.05, 4.69) is 15.0 Å². The van der Waals surface area contributed by atoms with Crippen molar-refractivity contribution in [3.8, 4) is 17.0 Å². The lowest BCUT2D eigenvalue weighted by molar-refractivity contribution is -0.141. The molecule has 1 spiro atoms. The van der Waals surface area contributed by atoms with E-state index in [1.807, 2.05) is 0 Å². The topological polar surface area (TPSA) is 109 Å². The van der Waals surface area contributed by atoms with Crippen LogP contribution in [-0.2, 0) is 6.18 Å². The van der Waals surface area contributed by atoms with E-state index >= 15 is 0 Å². The molecule has 1 atom stereocenters. The number of carbonyl (C=O) groups excluding carboxylic acids is 2. The van der Waals surface area contributed by atoms with Crippen LogP contribution in [0.15, 0.2) is 48.9 Å². The van der Waals surface area contributed by atoms with Crippen LogP contribution < -0.4 is 9.64 Å². The Morgan fingerprint density at radius 1 is 1.03 bits per heavy atom. The maximum atomic E-state index is 13.5. The number of pyridine rings is 1. The number of likely N-dealkylation sites (tertiary alicyclic amines) is 1. The lowest BCUT2D eigenvalue weighted by atomic mass is 9.85. The molecule has 1 N–H and O–H groups in total. The van der Waals surface area contributed by atoms with Crippen LogP contribution in [0.3, 0.4) is 0 Å². The molecule has 0 aliphatic carbocycles. The number of benzene rings is 1. The summed E-state index contributed by atoms with van der Waals surface area (Å²) in [5.74, 6) is 0.413. The number of rotatable bonds is 3. The Labute approximate surface area is 221 Å². The van der Waals surface area contributed by atoms with Gasteiger partial charge in [0.25, 0.3) is 5.91 Å². The van der Waals surface area contributed by atoms with Crippen LogP contribution in [0.25, 0.3) is 11.3 Å². The first-order chi connectivity index (χ1) is 18.6. The van der Waals surface area contributed by atoms with Crippen LogP contribution in [0, 0.1) is 0 Å². The summed E-state index contributed by atoms with van der Waals surface area (Å²) in [7, 11) is 0. The molecule has 5 heterocycles. The fraction of sp³-hybridized carbons (Fsp3) is 0.370. The van der Waals surface area contributed by atoms with Crippen LogP contribution in [0.4, 0.5) is 19.0 Å². The van der Waals surface area contributed by atoms with Crippen molar-refractivity contribution < 1.29 is 32.6 Å². The van der Waals surface area contributed by atoms with E-state index in [0.29, 0.717) is 80.0 Å². The normalized spacial score (nSPS) is 20.3. The summed E-state index contributed by atoms with van der Waals surface area (Å²) in [5, 5.41) is 9.70. The monoisotopic (exact) mass is 539 g/mol. The van der Waals surface area contributed by atoms with Gasteiger partial charge in [-0.15, -0.1) is 0 Å². The van der Waals surface area contributed by atoms with Gasteiger partial charge < -0.3 is 19.6 Å². The number of aromatic nitrogens is 3. The van der Waals surface area contributed by atoms with Crippen molar-refractivity contribution in [2.75, 3.05) is 31.1 Å². The Bertz CT molecular complexity index is 1420. The number of carbonyl (C=O) groups is 2. The van der Waals surface area contributed by atoms with E-state index in [1.165, 1.54) is 6.20 Å². The van der Waals surface area contributed by atoms with Crippen LogP contribution in [0.1, 0.15) is 45.7 Å². The highest BCUT2D eigenvalue weighted by Crippen LogP contribution is 2.42. The molecule has 39 heavy (non-hydrogen) atoms. The minimum atomic E-state index is -4.56. The second kappa shape index (κ2) is 9.30. The second-order valence-electron chi connectivity index (χ2n) is 10.0. The van der Waals surface area contributed by atoms with Crippen molar-refractivity contribution in [2.24, 2.45) is 0 Å². The molecule has 1 aromatic carbocycles. The Morgan fingerprint density at radius 2 is 1.77 bits per heavy atom. The number of hydrogen-bond acceptors (Lipinski definition) is 8. The first-order valence-electron chi connectivity index (χ1n) is 12.6. The molecule has 12 heteroatoms. The van der Waals surface area contributed by atoms with Crippen molar-refractivity contribution in [3.05, 3.63) is 65.7 Å². The van der Waals surface area contributed by atoms with Gasteiger partial charge in [-0.25, -0.2) is 9.97 Å². The number of fused-ring (bicyclic) bond motifs is 1. The lowest BCUT2D eigenvalue weighted by Crippen LogP contribution is -2.50. The van der Waals surface area contributed by atoms with Crippen molar-refractivity contribution in [2.45, 2.75) is 37.1 Å². The predicted octanol–water partition coefficient (Wildman–Crippen LogP) is 3.38. The van der Waals surface area contributed by atoms with E-state index in [0.717, 1.165) is 11.8 Å². The summed E-state index contributed by atoms with van der Waals surface area (Å²) in [5.41, 5.74) is 0.122. The van der Waals surface area contributed by atoms with E-state index in [1.54, 1.807) is 40.1 Å². The Balaban J connectivity index is 1.14. The van der Waals surface area contributed by atoms with Gasteiger partial charge in [0.1, 0.15) is 11.6 Å². The standard InChI is InChI=1S/C27H24F3N5O4/c28-27(29,30)22-13-33-23(14-32-22)34-9-6-26(7-10-34)24(37)19-11-20(31-12-21(19)39-26)16-1-3-17(4-2-16)25(38)35-8-5-18(36)15-35/h1-4,11-14,18,36H,5-10,15H2. The summed E-state index contributed by atoms with van der Waals surface area (Å²) in [6.07, 6.45) is -0.482. The first-order valence-corrected chi connectivity index (χ1v) is 12.6. The third kappa shape index (κ3) is 4.58. The molecule has 0 radical (unpaired) electrons. The van der Waals surface area contributed by atoms with Gasteiger partial charge in [0.2, 0.25) is 5.78 Å². The number of anilines is 1. The van der Waals surface area contributed by atoms with Crippen LogP contribution in [0.5, 0.6) is 5.75 Å². The zero-order valence-electron chi connectivity index (χ0n) is 20.7. The van der Waals surface area contributed by atoms with E-state index < -0.39 is 23.6 Å². The summed E-state index contributed by atoms with van der Waals surface area (Å²) in [6, 6.07) is 8.64. The highest BCUT2D eigenvalue weighted by Gasteiger charge is 2.50. The van der Waals surface area contributed by atoms with Crippen LogP contribution in [-0.4, -0.2) is 74.5 Å². The molecule has 0 saturated carbocycles. The number of hydrogen-bond donors (Lipinski definition) is 1. The van der Waals surface area contributed by atoms with Gasteiger partial charge in [0, 0.05) is 50.1 Å². The molecule has 1 amide bonds. The number of aliphatic hydroxyl groups is 1. The average Bonchev–Trinajstić information content (AvgIpc) is 3.49. The summed E-state index contributed by atoms with van der Waals surface area (Å²) in [6.45, 7) is 1.58. The maximum Gasteiger partial charge on any atom is 0.434 e. The van der Waals surface area contributed by atoms with Gasteiger partial charge in [0.15, 0.2) is 11.3 Å². The number of ketones is 1. The second-order valence-corrected chi connectivity index (χ2v) is 10.0. The Kier molecular flexibility index (Phi) is 6.01. The van der Waals surface area contributed by atoms with Gasteiger partial charge in [-0.2, -0.15) is 13.2 Å². The van der Waals surface area contributed by atoms with E-state index in [9.17, 15) is 27.9 Å². The van der Waals surface area contributed by atoms with Gasteiger partial charge >= 0.3 is 6.18 Å². The van der Waals surface area contributed by atoms with Gasteiger partial charge in [0.05, 0.1) is 36.0 Å². The van der Waals surface area contributed by atoms with Crippen LogP contribution in [0.2, 0.25) is 0 Å². The molecular weight excluding hydrogens is 515 g/mol. The molecule has 202 valence electrons. The number of nitrogens with zero attached hydrogens (tertiary/aromatic N) is 5. The lowest BCUT2D eigenvalue weighted by Gasteiger charge is -2.37. The molecule has 6 rings (SSSR count). The van der Waals surface area contributed by atoms with E-state index in [4.69, 9.17) is 4.74 Å².